The number of hydrogen-bond acceptors (Lipinski definition) is 4. The first-order valence-corrected chi connectivity index (χ1v) is 7.28. The molecule has 0 aliphatic rings. The first-order valence-electron chi connectivity index (χ1n) is 6.16. The van der Waals surface area contributed by atoms with Gasteiger partial charge in [-0.2, -0.15) is 0 Å². The van der Waals surface area contributed by atoms with Gasteiger partial charge in [0.2, 0.25) is 0 Å². The highest BCUT2D eigenvalue weighted by Crippen LogP contribution is 2.03. The van der Waals surface area contributed by atoms with Crippen molar-refractivity contribution in [2.24, 2.45) is 5.92 Å². The Balaban J connectivity index is 3.17. The van der Waals surface area contributed by atoms with E-state index in [4.69, 9.17) is 14.2 Å². The van der Waals surface area contributed by atoms with Gasteiger partial charge in [-0.25, -0.2) is 0 Å². The third-order valence-corrected chi connectivity index (χ3v) is 3.13. The molecule has 0 heterocycles. The third-order valence-electron chi connectivity index (χ3n) is 2.43. The molecular formula is C12H26BrNO3. The van der Waals surface area contributed by atoms with E-state index in [1.807, 2.05) is 0 Å². The normalized spacial score (nSPS) is 13.2. The van der Waals surface area contributed by atoms with E-state index in [1.54, 1.807) is 7.11 Å². The molecule has 0 rings (SSSR count). The van der Waals surface area contributed by atoms with E-state index in [0.29, 0.717) is 38.4 Å². The molecule has 1 atom stereocenters. The maximum absolute atomic E-state index is 5.44. The highest BCUT2D eigenvalue weighted by Gasteiger charge is 2.09. The van der Waals surface area contributed by atoms with Crippen molar-refractivity contribution < 1.29 is 14.2 Å². The fraction of sp³-hybridized carbons (Fsp3) is 1.00. The number of rotatable bonds is 12. The number of methoxy groups -OCH3 is 1. The number of halogens is 1. The second kappa shape index (κ2) is 12.8. The third kappa shape index (κ3) is 11.2. The summed E-state index contributed by atoms with van der Waals surface area (Å²) in [4.78, 5) is 0. The van der Waals surface area contributed by atoms with Crippen LogP contribution in [0.4, 0.5) is 0 Å². The van der Waals surface area contributed by atoms with Crippen LogP contribution >= 0.6 is 15.9 Å². The summed E-state index contributed by atoms with van der Waals surface area (Å²) in [6.07, 6.45) is 0. The summed E-state index contributed by atoms with van der Waals surface area (Å²) in [5, 5.41) is 4.42. The molecule has 0 saturated heterocycles. The Hall–Kier alpha value is 0.320. The Morgan fingerprint density at radius 2 is 1.59 bits per heavy atom. The van der Waals surface area contributed by atoms with Crippen LogP contribution < -0.4 is 5.32 Å². The number of nitrogens with one attached hydrogen (secondary N) is 1. The highest BCUT2D eigenvalue weighted by atomic mass is 79.9. The summed E-state index contributed by atoms with van der Waals surface area (Å²) in [7, 11) is 1.67. The van der Waals surface area contributed by atoms with Crippen molar-refractivity contribution in [1.82, 2.24) is 5.32 Å². The van der Waals surface area contributed by atoms with E-state index in [9.17, 15) is 0 Å². The number of alkyl halides is 1. The van der Waals surface area contributed by atoms with E-state index in [1.165, 1.54) is 0 Å². The average molecular weight is 312 g/mol. The first-order chi connectivity index (χ1) is 8.22. The monoisotopic (exact) mass is 311 g/mol. The van der Waals surface area contributed by atoms with E-state index < -0.39 is 0 Å². The van der Waals surface area contributed by atoms with Gasteiger partial charge in [0.05, 0.1) is 33.0 Å². The fourth-order valence-electron chi connectivity index (χ4n) is 1.25. The second-order valence-electron chi connectivity index (χ2n) is 4.18. The lowest BCUT2D eigenvalue weighted by Crippen LogP contribution is -2.37. The van der Waals surface area contributed by atoms with Crippen molar-refractivity contribution in [2.75, 3.05) is 52.0 Å². The zero-order valence-electron chi connectivity index (χ0n) is 11.2. The Labute approximate surface area is 114 Å². The van der Waals surface area contributed by atoms with Gasteiger partial charge in [0, 0.05) is 25.0 Å². The standard InChI is InChI=1S/C12H26BrNO3/c1-11(2)12(10-13)14-4-5-16-8-9-17-7-6-15-3/h11-12,14H,4-10H2,1-3H3. The van der Waals surface area contributed by atoms with Gasteiger partial charge in [-0.1, -0.05) is 29.8 Å². The van der Waals surface area contributed by atoms with Crippen molar-refractivity contribution >= 4 is 15.9 Å². The minimum Gasteiger partial charge on any atom is -0.382 e. The largest absolute Gasteiger partial charge is 0.382 e. The van der Waals surface area contributed by atoms with Gasteiger partial charge >= 0.3 is 0 Å². The average Bonchev–Trinajstić information content (AvgIpc) is 2.31. The smallest absolute Gasteiger partial charge is 0.0701 e. The van der Waals surface area contributed by atoms with Gasteiger partial charge in [-0.15, -0.1) is 0 Å². The molecule has 0 fully saturated rings. The quantitative estimate of drug-likeness (QED) is 0.440. The van der Waals surface area contributed by atoms with Gasteiger partial charge < -0.3 is 19.5 Å². The van der Waals surface area contributed by atoms with Crippen LogP contribution in [0.25, 0.3) is 0 Å². The van der Waals surface area contributed by atoms with Crippen LogP contribution in [0.15, 0.2) is 0 Å². The molecule has 0 aromatic carbocycles. The van der Waals surface area contributed by atoms with Gasteiger partial charge in [-0.3, -0.25) is 0 Å². The fourth-order valence-corrected chi connectivity index (χ4v) is 2.23. The minimum absolute atomic E-state index is 0.511. The molecule has 0 aromatic heterocycles. The molecule has 0 aliphatic heterocycles. The van der Waals surface area contributed by atoms with Crippen LogP contribution in [-0.4, -0.2) is 58.1 Å². The SMILES string of the molecule is COCCOCCOCCNC(CBr)C(C)C. The maximum Gasteiger partial charge on any atom is 0.0701 e. The Kier molecular flexibility index (Phi) is 13.0. The van der Waals surface area contributed by atoms with Gasteiger partial charge in [0.15, 0.2) is 0 Å². The molecule has 104 valence electrons. The van der Waals surface area contributed by atoms with Crippen molar-refractivity contribution in [1.29, 1.82) is 0 Å². The van der Waals surface area contributed by atoms with Crippen LogP contribution in [0.3, 0.4) is 0 Å². The lowest BCUT2D eigenvalue weighted by atomic mass is 10.1. The molecule has 5 heteroatoms. The predicted octanol–water partition coefficient (Wildman–Crippen LogP) is 1.68. The summed E-state index contributed by atoms with van der Waals surface area (Å²) in [6, 6.07) is 0.511. The highest BCUT2D eigenvalue weighted by molar-refractivity contribution is 9.09. The van der Waals surface area contributed by atoms with E-state index in [2.05, 4.69) is 35.1 Å². The van der Waals surface area contributed by atoms with Crippen LogP contribution in [-0.2, 0) is 14.2 Å². The molecule has 4 nitrogen and oxygen atoms in total. The summed E-state index contributed by atoms with van der Waals surface area (Å²) in [5.74, 6) is 0.631. The molecule has 0 spiro atoms. The lowest BCUT2D eigenvalue weighted by molar-refractivity contribution is 0.0251. The van der Waals surface area contributed by atoms with Crippen molar-refractivity contribution in [2.45, 2.75) is 19.9 Å². The molecule has 1 unspecified atom stereocenters. The predicted molar refractivity (Wildman–Crippen MR) is 73.9 cm³/mol. The molecule has 0 aromatic rings. The molecule has 0 saturated carbocycles. The Bertz CT molecular complexity index is 159. The number of ether oxygens (including phenoxy) is 3. The van der Waals surface area contributed by atoms with Crippen LogP contribution in [0, 0.1) is 5.92 Å². The van der Waals surface area contributed by atoms with Crippen LogP contribution in [0.1, 0.15) is 13.8 Å². The van der Waals surface area contributed by atoms with E-state index >= 15 is 0 Å². The topological polar surface area (TPSA) is 39.7 Å². The van der Waals surface area contributed by atoms with Crippen molar-refractivity contribution in [3.8, 4) is 0 Å². The molecule has 0 aliphatic carbocycles. The summed E-state index contributed by atoms with van der Waals surface area (Å²) >= 11 is 3.50. The molecule has 1 N–H and O–H groups in total. The maximum atomic E-state index is 5.44. The summed E-state index contributed by atoms with van der Waals surface area (Å²) < 4.78 is 15.6. The molecular weight excluding hydrogens is 286 g/mol. The first kappa shape index (κ1) is 17.3. The molecule has 17 heavy (non-hydrogen) atoms. The van der Waals surface area contributed by atoms with Gasteiger partial charge in [-0.05, 0) is 5.92 Å². The van der Waals surface area contributed by atoms with Gasteiger partial charge in [0.25, 0.3) is 0 Å². The zero-order valence-corrected chi connectivity index (χ0v) is 12.8. The Morgan fingerprint density at radius 1 is 1.00 bits per heavy atom. The lowest BCUT2D eigenvalue weighted by Gasteiger charge is -2.19. The molecule has 0 amide bonds. The number of hydrogen-bond donors (Lipinski definition) is 1. The van der Waals surface area contributed by atoms with Crippen molar-refractivity contribution in [3.63, 3.8) is 0 Å². The minimum atomic E-state index is 0.511. The summed E-state index contributed by atoms with van der Waals surface area (Å²) in [5.41, 5.74) is 0. The van der Waals surface area contributed by atoms with E-state index in [-0.39, 0.29) is 0 Å². The molecule has 0 bridgehead atoms. The summed E-state index contributed by atoms with van der Waals surface area (Å²) in [6.45, 7) is 8.59. The van der Waals surface area contributed by atoms with E-state index in [0.717, 1.165) is 18.5 Å². The van der Waals surface area contributed by atoms with Gasteiger partial charge in [0.1, 0.15) is 0 Å². The molecule has 0 radical (unpaired) electrons. The zero-order chi connectivity index (χ0) is 12.9. The second-order valence-corrected chi connectivity index (χ2v) is 4.82. The van der Waals surface area contributed by atoms with Crippen LogP contribution in [0.5, 0.6) is 0 Å². The van der Waals surface area contributed by atoms with Crippen LogP contribution in [0.2, 0.25) is 0 Å². The Morgan fingerprint density at radius 3 is 2.12 bits per heavy atom. The van der Waals surface area contributed by atoms with Crippen molar-refractivity contribution in [3.05, 3.63) is 0 Å².